The van der Waals surface area contributed by atoms with Gasteiger partial charge in [0.05, 0.1) is 5.69 Å². The van der Waals surface area contributed by atoms with Gasteiger partial charge in [-0.2, -0.15) is 0 Å². The Balaban J connectivity index is 1.38. The number of halogens is 1. The van der Waals surface area contributed by atoms with E-state index in [1.807, 2.05) is 42.5 Å². The molecule has 1 aromatic heterocycles. The number of amides is 1. The molecule has 0 N–H and O–H groups in total. The molecule has 1 aromatic carbocycles. The standard InChI is InChI=1S/C25H28FN3O2/c26-21(20-16-28-13-10-19(20)11-14-28)17-31-23-8-9-24(29-12-4-7-25(29)30)27-22(23)15-18-5-2-1-3-6-18/h1-3,5-6,8-9,19H,4,7,10-17H2. The molecule has 31 heavy (non-hydrogen) atoms. The lowest BCUT2D eigenvalue weighted by Crippen LogP contribution is -2.43. The maximum Gasteiger partial charge on any atom is 0.228 e. The van der Waals surface area contributed by atoms with Crippen molar-refractivity contribution in [3.8, 4) is 5.75 Å². The molecule has 4 fully saturated rings. The molecule has 4 saturated heterocycles. The quantitative estimate of drug-likeness (QED) is 0.704. The zero-order valence-corrected chi connectivity index (χ0v) is 17.7. The van der Waals surface area contributed by atoms with Gasteiger partial charge in [0.2, 0.25) is 5.91 Å². The fraction of sp³-hybridized carbons (Fsp3) is 0.440. The monoisotopic (exact) mass is 421 g/mol. The molecule has 2 aromatic rings. The molecule has 6 rings (SSSR count). The predicted molar refractivity (Wildman–Crippen MR) is 118 cm³/mol. The number of pyridine rings is 1. The van der Waals surface area contributed by atoms with Crippen molar-refractivity contribution in [2.45, 2.75) is 32.1 Å². The average Bonchev–Trinajstić information content (AvgIpc) is 3.25. The molecule has 0 spiro atoms. The lowest BCUT2D eigenvalue weighted by Gasteiger charge is -2.41. The highest BCUT2D eigenvalue weighted by Crippen LogP contribution is 2.34. The Morgan fingerprint density at radius 3 is 2.58 bits per heavy atom. The van der Waals surface area contributed by atoms with Crippen molar-refractivity contribution in [1.29, 1.82) is 0 Å². The third kappa shape index (κ3) is 4.35. The van der Waals surface area contributed by atoms with Crippen molar-refractivity contribution < 1.29 is 13.9 Å². The van der Waals surface area contributed by atoms with Crippen molar-refractivity contribution in [1.82, 2.24) is 9.88 Å². The van der Waals surface area contributed by atoms with Crippen molar-refractivity contribution in [2.75, 3.05) is 37.7 Å². The van der Waals surface area contributed by atoms with Crippen LogP contribution in [0.4, 0.5) is 10.2 Å². The Morgan fingerprint density at radius 2 is 1.90 bits per heavy atom. The minimum Gasteiger partial charge on any atom is -0.485 e. The lowest BCUT2D eigenvalue weighted by molar-refractivity contribution is -0.117. The number of piperidine rings is 3. The van der Waals surface area contributed by atoms with Crippen LogP contribution in [-0.2, 0) is 11.2 Å². The van der Waals surface area contributed by atoms with Gasteiger partial charge in [-0.05, 0) is 61.5 Å². The summed E-state index contributed by atoms with van der Waals surface area (Å²) in [4.78, 5) is 21.0. The first-order valence-electron chi connectivity index (χ1n) is 11.2. The number of nitrogens with zero attached hydrogens (tertiary/aromatic N) is 3. The average molecular weight is 422 g/mol. The summed E-state index contributed by atoms with van der Waals surface area (Å²) in [6.07, 6.45) is 4.07. The number of anilines is 1. The van der Waals surface area contributed by atoms with Crippen LogP contribution in [0.2, 0.25) is 0 Å². The topological polar surface area (TPSA) is 45.7 Å². The van der Waals surface area contributed by atoms with E-state index in [9.17, 15) is 4.79 Å². The van der Waals surface area contributed by atoms with Gasteiger partial charge in [-0.1, -0.05) is 30.3 Å². The highest BCUT2D eigenvalue weighted by Gasteiger charge is 2.32. The second-order valence-corrected chi connectivity index (χ2v) is 8.69. The van der Waals surface area contributed by atoms with Gasteiger partial charge < -0.3 is 4.74 Å². The smallest absolute Gasteiger partial charge is 0.228 e. The Morgan fingerprint density at radius 1 is 1.10 bits per heavy atom. The maximum atomic E-state index is 15.0. The van der Waals surface area contributed by atoms with E-state index in [0.29, 0.717) is 36.9 Å². The van der Waals surface area contributed by atoms with E-state index < -0.39 is 0 Å². The van der Waals surface area contributed by atoms with Crippen LogP contribution in [0.3, 0.4) is 0 Å². The third-order valence-corrected chi connectivity index (χ3v) is 6.66. The number of hydrogen-bond acceptors (Lipinski definition) is 4. The minimum absolute atomic E-state index is 0.0644. The molecule has 5 heterocycles. The van der Waals surface area contributed by atoms with E-state index in [1.165, 1.54) is 0 Å². The van der Waals surface area contributed by atoms with E-state index in [-0.39, 0.29) is 18.3 Å². The summed E-state index contributed by atoms with van der Waals surface area (Å²) < 4.78 is 21.0. The van der Waals surface area contributed by atoms with Gasteiger partial charge in [0, 0.05) is 25.9 Å². The van der Waals surface area contributed by atoms with Gasteiger partial charge in [-0.3, -0.25) is 14.6 Å². The van der Waals surface area contributed by atoms with Crippen LogP contribution in [0.15, 0.2) is 53.9 Å². The Hall–Kier alpha value is -2.73. The summed E-state index contributed by atoms with van der Waals surface area (Å²) in [7, 11) is 0. The molecule has 4 aliphatic heterocycles. The highest BCUT2D eigenvalue weighted by molar-refractivity contribution is 5.94. The molecule has 162 valence electrons. The summed E-state index contributed by atoms with van der Waals surface area (Å²) in [5, 5.41) is 0. The fourth-order valence-electron chi connectivity index (χ4n) is 4.92. The molecular formula is C25H28FN3O2. The van der Waals surface area contributed by atoms with E-state index in [4.69, 9.17) is 9.72 Å². The Kier molecular flexibility index (Phi) is 5.72. The number of carbonyl (C=O) groups excluding carboxylic acids is 1. The normalized spacial score (nSPS) is 24.5. The van der Waals surface area contributed by atoms with Crippen LogP contribution in [0.5, 0.6) is 5.75 Å². The van der Waals surface area contributed by atoms with Crippen LogP contribution in [0.1, 0.15) is 36.9 Å². The number of fused-ring (bicyclic) bond motifs is 3. The molecule has 0 atom stereocenters. The fourth-order valence-corrected chi connectivity index (χ4v) is 4.92. The van der Waals surface area contributed by atoms with E-state index in [1.54, 1.807) is 4.90 Å². The van der Waals surface area contributed by atoms with Gasteiger partial charge in [-0.15, -0.1) is 0 Å². The summed E-state index contributed by atoms with van der Waals surface area (Å²) >= 11 is 0. The molecule has 0 unspecified atom stereocenters. The summed E-state index contributed by atoms with van der Waals surface area (Å²) in [5.41, 5.74) is 2.74. The van der Waals surface area contributed by atoms with E-state index in [0.717, 1.165) is 55.7 Å². The molecule has 0 saturated carbocycles. The van der Waals surface area contributed by atoms with E-state index in [2.05, 4.69) is 4.90 Å². The SMILES string of the molecule is O=C1CCCN1c1ccc(OCC(F)=C2CN3CCC2CC3)c(Cc2ccccc2)n1. The van der Waals surface area contributed by atoms with E-state index >= 15 is 4.39 Å². The molecule has 5 nitrogen and oxygen atoms in total. The molecule has 6 heteroatoms. The number of rotatable bonds is 6. The van der Waals surface area contributed by atoms with Crippen LogP contribution in [-0.4, -0.2) is 48.6 Å². The van der Waals surface area contributed by atoms with Crippen LogP contribution >= 0.6 is 0 Å². The zero-order chi connectivity index (χ0) is 21.2. The van der Waals surface area contributed by atoms with Crippen molar-refractivity contribution >= 4 is 11.7 Å². The molecular weight excluding hydrogens is 393 g/mol. The number of hydrogen-bond donors (Lipinski definition) is 0. The second-order valence-electron chi connectivity index (χ2n) is 8.69. The van der Waals surface area contributed by atoms with Gasteiger partial charge >= 0.3 is 0 Å². The first-order valence-corrected chi connectivity index (χ1v) is 11.2. The Bertz CT molecular complexity index is 984. The van der Waals surface area contributed by atoms with Crippen LogP contribution in [0.25, 0.3) is 0 Å². The van der Waals surface area contributed by atoms with Crippen LogP contribution in [0, 0.1) is 5.92 Å². The lowest BCUT2D eigenvalue weighted by atomic mass is 9.83. The van der Waals surface area contributed by atoms with Gasteiger partial charge in [-0.25, -0.2) is 9.37 Å². The number of ether oxygens (including phenoxy) is 1. The second kappa shape index (κ2) is 8.79. The molecule has 0 aliphatic carbocycles. The van der Waals surface area contributed by atoms with Crippen molar-refractivity contribution in [3.63, 3.8) is 0 Å². The largest absolute Gasteiger partial charge is 0.485 e. The zero-order valence-electron chi connectivity index (χ0n) is 17.7. The first kappa shape index (κ1) is 20.2. The van der Waals surface area contributed by atoms with Crippen molar-refractivity contribution in [3.05, 3.63) is 65.1 Å². The summed E-state index contributed by atoms with van der Waals surface area (Å²) in [6.45, 7) is 3.50. The molecule has 4 aliphatic rings. The van der Waals surface area contributed by atoms with Gasteiger partial charge in [0.1, 0.15) is 24.0 Å². The van der Waals surface area contributed by atoms with Gasteiger partial charge in [0.25, 0.3) is 0 Å². The number of carbonyl (C=O) groups is 1. The molecule has 2 bridgehead atoms. The van der Waals surface area contributed by atoms with Crippen LogP contribution < -0.4 is 9.64 Å². The summed E-state index contributed by atoms with van der Waals surface area (Å²) in [5.74, 6) is 1.55. The maximum absolute atomic E-state index is 15.0. The summed E-state index contributed by atoms with van der Waals surface area (Å²) in [6, 6.07) is 13.7. The molecule has 0 radical (unpaired) electrons. The van der Waals surface area contributed by atoms with Gasteiger partial charge in [0.15, 0.2) is 0 Å². The number of aromatic nitrogens is 1. The highest BCUT2D eigenvalue weighted by atomic mass is 19.1. The third-order valence-electron chi connectivity index (χ3n) is 6.66. The van der Waals surface area contributed by atoms with Crippen molar-refractivity contribution in [2.24, 2.45) is 5.92 Å². The first-order chi connectivity index (χ1) is 15.2. The number of benzene rings is 1. The predicted octanol–water partition coefficient (Wildman–Crippen LogP) is 4.13. The Labute approximate surface area is 182 Å². The molecule has 1 amide bonds. The minimum atomic E-state index is -0.140.